The lowest BCUT2D eigenvalue weighted by Gasteiger charge is -2.06. The fourth-order valence-corrected chi connectivity index (χ4v) is 3.48. The van der Waals surface area contributed by atoms with Crippen LogP contribution in [-0.4, -0.2) is 15.5 Å². The Morgan fingerprint density at radius 2 is 1.93 bits per heavy atom. The van der Waals surface area contributed by atoms with E-state index in [0.29, 0.717) is 26.1 Å². The van der Waals surface area contributed by atoms with Gasteiger partial charge in [0.15, 0.2) is 0 Å². The molecule has 0 bridgehead atoms. The second-order valence-corrected chi connectivity index (χ2v) is 7.42. The van der Waals surface area contributed by atoms with Gasteiger partial charge in [0, 0.05) is 28.7 Å². The molecule has 4 rings (SSSR count). The summed E-state index contributed by atoms with van der Waals surface area (Å²) in [6.07, 6.45) is 5.33. The fraction of sp³-hybridized carbons (Fsp3) is 0.200. The summed E-state index contributed by atoms with van der Waals surface area (Å²) in [7, 11) is 0. The van der Waals surface area contributed by atoms with Crippen LogP contribution in [0, 0.1) is 11.2 Å². The number of benzene rings is 2. The third kappa shape index (κ3) is 4.61. The number of aromatic nitrogens is 2. The number of nitrogens with one attached hydrogen (secondary N) is 1. The highest BCUT2D eigenvalue weighted by Gasteiger charge is 2.16. The maximum absolute atomic E-state index is 13.3. The quantitative estimate of drug-likeness (QED) is 0.377. The molecule has 1 aromatic heterocycles. The van der Waals surface area contributed by atoms with Gasteiger partial charge in [-0.15, -0.1) is 0 Å². The molecule has 3 aromatic rings. The van der Waals surface area contributed by atoms with Crippen molar-refractivity contribution in [1.29, 1.82) is 5.41 Å². The molecule has 1 heterocycles. The summed E-state index contributed by atoms with van der Waals surface area (Å²) in [5, 5.41) is 11.4. The number of alkyl halides is 2. The molecule has 0 spiro atoms. The molecule has 29 heavy (non-hydrogen) atoms. The number of nitrogen functional groups attached to an aromatic ring is 2. The van der Waals surface area contributed by atoms with E-state index in [4.69, 9.17) is 16.9 Å². The number of rotatable bonds is 3. The maximum Gasteiger partial charge on any atom is 0.333 e. The summed E-state index contributed by atoms with van der Waals surface area (Å²) >= 11 is 3.17. The summed E-state index contributed by atoms with van der Waals surface area (Å²) < 4.78 is 39.1. The van der Waals surface area contributed by atoms with E-state index in [-0.39, 0.29) is 17.1 Å². The van der Waals surface area contributed by atoms with Crippen molar-refractivity contribution in [2.24, 2.45) is 0 Å². The van der Waals surface area contributed by atoms with Crippen LogP contribution in [0.1, 0.15) is 35.2 Å². The highest BCUT2D eigenvalue weighted by molar-refractivity contribution is 9.10. The lowest BCUT2D eigenvalue weighted by Crippen LogP contribution is -2.06. The van der Waals surface area contributed by atoms with Crippen LogP contribution in [-0.2, 0) is 12.8 Å². The molecular formula is C20H19BrF3N5. The minimum absolute atomic E-state index is 0.00620. The Morgan fingerprint density at radius 3 is 2.62 bits per heavy atom. The van der Waals surface area contributed by atoms with Gasteiger partial charge in [-0.05, 0) is 70.6 Å². The number of hydrogen-bond acceptors (Lipinski definition) is 4. The van der Waals surface area contributed by atoms with Crippen LogP contribution in [0.5, 0.6) is 0 Å². The third-order valence-electron chi connectivity index (χ3n) is 4.60. The van der Waals surface area contributed by atoms with E-state index in [1.54, 1.807) is 18.2 Å². The van der Waals surface area contributed by atoms with Crippen LogP contribution in [0.25, 0.3) is 0 Å². The Morgan fingerprint density at radius 1 is 1.17 bits per heavy atom. The number of nitrogens with zero attached hydrogens (tertiary/aromatic N) is 2. The summed E-state index contributed by atoms with van der Waals surface area (Å²) in [6.45, 7) is -2.73. The fourth-order valence-electron chi connectivity index (χ4n) is 3.11. The second kappa shape index (κ2) is 8.69. The number of fused-ring (bicyclic) bond motifs is 1. The molecule has 5 N–H and O–H groups in total. The number of aryl methyl sites for hydroxylation is 1. The summed E-state index contributed by atoms with van der Waals surface area (Å²) in [6, 6.07) is 8.50. The van der Waals surface area contributed by atoms with Crippen LogP contribution in [0.15, 0.2) is 47.2 Å². The van der Waals surface area contributed by atoms with Crippen molar-refractivity contribution >= 4 is 33.0 Å². The van der Waals surface area contributed by atoms with Crippen molar-refractivity contribution in [2.45, 2.75) is 25.8 Å². The molecule has 0 fully saturated rings. The molecule has 0 aliphatic heterocycles. The molecule has 1 aliphatic rings. The summed E-state index contributed by atoms with van der Waals surface area (Å²) in [5.41, 5.74) is 14.9. The van der Waals surface area contributed by atoms with Crippen molar-refractivity contribution in [3.05, 3.63) is 75.3 Å². The van der Waals surface area contributed by atoms with Gasteiger partial charge < -0.3 is 11.5 Å². The molecule has 0 unspecified atom stereocenters. The highest BCUT2D eigenvalue weighted by Crippen LogP contribution is 2.28. The Labute approximate surface area is 174 Å². The van der Waals surface area contributed by atoms with E-state index in [2.05, 4.69) is 21.0 Å². The minimum Gasteiger partial charge on any atom is -0.399 e. The number of anilines is 2. The average molecular weight is 466 g/mol. The molecule has 0 radical (unpaired) electrons. The van der Waals surface area contributed by atoms with Crippen LogP contribution < -0.4 is 11.5 Å². The van der Waals surface area contributed by atoms with Crippen molar-refractivity contribution in [1.82, 2.24) is 9.78 Å². The highest BCUT2D eigenvalue weighted by atomic mass is 79.9. The van der Waals surface area contributed by atoms with Crippen LogP contribution in [0.2, 0.25) is 0 Å². The smallest absolute Gasteiger partial charge is 0.333 e. The molecule has 2 aromatic carbocycles. The van der Waals surface area contributed by atoms with Crippen molar-refractivity contribution in [3.63, 3.8) is 0 Å². The molecule has 9 heteroatoms. The molecule has 5 nitrogen and oxygen atoms in total. The molecule has 0 amide bonds. The maximum atomic E-state index is 13.3. The first kappa shape index (κ1) is 20.9. The zero-order valence-corrected chi connectivity index (χ0v) is 16.9. The molecule has 1 aliphatic carbocycles. The standard InChI is InChI=1S/C11H11F2N5.C9H8BrF/c12-11(13)18-5-6(4-17-18)10(16)8-3-7(14)1-2-9(8)15;10-8-5-4-6-2-1-3-7(6)9(8)11/h1-5,11,16H,14-15H2;4-5H,1-3H2. The van der Waals surface area contributed by atoms with Crippen LogP contribution >= 0.6 is 15.9 Å². The normalized spacial score (nSPS) is 12.4. The lowest BCUT2D eigenvalue weighted by molar-refractivity contribution is 0.0566. The van der Waals surface area contributed by atoms with Gasteiger partial charge in [-0.1, -0.05) is 6.07 Å². The van der Waals surface area contributed by atoms with Crippen molar-refractivity contribution in [2.75, 3.05) is 11.5 Å². The largest absolute Gasteiger partial charge is 0.399 e. The first-order chi connectivity index (χ1) is 13.8. The van der Waals surface area contributed by atoms with E-state index >= 15 is 0 Å². The average Bonchev–Trinajstić information content (AvgIpc) is 3.36. The van der Waals surface area contributed by atoms with Gasteiger partial charge in [-0.3, -0.25) is 5.41 Å². The van der Waals surface area contributed by atoms with Gasteiger partial charge in [0.2, 0.25) is 0 Å². The topological polar surface area (TPSA) is 93.7 Å². The van der Waals surface area contributed by atoms with Crippen molar-refractivity contribution in [3.8, 4) is 0 Å². The Balaban J connectivity index is 0.000000186. The second-order valence-electron chi connectivity index (χ2n) is 6.56. The SMILES string of the molecule is Fc1c(Br)ccc2c1CCC2.N=C(c1cnn(C(F)F)c1)c1cc(N)ccc1N. The van der Waals surface area contributed by atoms with E-state index in [1.165, 1.54) is 17.8 Å². The van der Waals surface area contributed by atoms with Crippen LogP contribution in [0.4, 0.5) is 24.5 Å². The van der Waals surface area contributed by atoms with E-state index in [1.807, 2.05) is 6.07 Å². The molecule has 152 valence electrons. The number of halogens is 4. The summed E-state index contributed by atoms with van der Waals surface area (Å²) in [4.78, 5) is 0. The zero-order valence-electron chi connectivity index (χ0n) is 15.3. The monoisotopic (exact) mass is 465 g/mol. The zero-order chi connectivity index (χ0) is 21.1. The van der Waals surface area contributed by atoms with Gasteiger partial charge in [0.25, 0.3) is 0 Å². The van der Waals surface area contributed by atoms with Gasteiger partial charge in [0.05, 0.1) is 16.4 Å². The first-order valence-electron chi connectivity index (χ1n) is 8.80. The predicted octanol–water partition coefficient (Wildman–Crippen LogP) is 4.94. The van der Waals surface area contributed by atoms with E-state index in [9.17, 15) is 13.2 Å². The molecular weight excluding hydrogens is 447 g/mol. The first-order valence-corrected chi connectivity index (χ1v) is 9.59. The Kier molecular flexibility index (Phi) is 6.26. The van der Waals surface area contributed by atoms with E-state index < -0.39 is 6.55 Å². The lowest BCUT2D eigenvalue weighted by atomic mass is 10.0. The van der Waals surface area contributed by atoms with Crippen LogP contribution in [0.3, 0.4) is 0 Å². The summed E-state index contributed by atoms with van der Waals surface area (Å²) in [5.74, 6) is -0.0556. The number of hydrogen-bond donors (Lipinski definition) is 3. The Bertz CT molecular complexity index is 1050. The van der Waals surface area contributed by atoms with Gasteiger partial charge in [-0.25, -0.2) is 9.07 Å². The third-order valence-corrected chi connectivity index (χ3v) is 5.22. The predicted molar refractivity (Wildman–Crippen MR) is 111 cm³/mol. The molecule has 0 saturated carbocycles. The van der Waals surface area contributed by atoms with Crippen molar-refractivity contribution < 1.29 is 13.2 Å². The molecule has 0 saturated heterocycles. The van der Waals surface area contributed by atoms with Gasteiger partial charge in [0.1, 0.15) is 5.82 Å². The van der Waals surface area contributed by atoms with Gasteiger partial charge >= 0.3 is 6.55 Å². The Hall–Kier alpha value is -2.81. The number of nitrogens with two attached hydrogens (primary N) is 2. The molecule has 0 atom stereocenters. The minimum atomic E-state index is -2.73. The van der Waals surface area contributed by atoms with Gasteiger partial charge in [-0.2, -0.15) is 13.9 Å². The van der Waals surface area contributed by atoms with E-state index in [0.717, 1.165) is 31.0 Å².